The fourth-order valence-electron chi connectivity index (χ4n) is 6.35. The third-order valence-electron chi connectivity index (χ3n) is 7.07. The van der Waals surface area contributed by atoms with Gasteiger partial charge in [-0.05, 0) is 94.2 Å². The second-order valence-corrected chi connectivity index (χ2v) is 10.0. The highest BCUT2D eigenvalue weighted by molar-refractivity contribution is 5.68. The summed E-state index contributed by atoms with van der Waals surface area (Å²) >= 11 is 0. The number of carbonyl (C=O) groups is 1. The molecular formula is C22H30N2O5. The number of alkyl carbamates (subject to hydrolysis) is 1. The van der Waals surface area contributed by atoms with Gasteiger partial charge in [-0.3, -0.25) is 4.84 Å². The van der Waals surface area contributed by atoms with Crippen LogP contribution in [0.5, 0.6) is 5.75 Å². The summed E-state index contributed by atoms with van der Waals surface area (Å²) < 4.78 is 5.47. The number of hydrogen-bond acceptors (Lipinski definition) is 5. The molecule has 29 heavy (non-hydrogen) atoms. The molecular weight excluding hydrogens is 372 g/mol. The molecule has 0 aliphatic heterocycles. The summed E-state index contributed by atoms with van der Waals surface area (Å²) in [5.41, 5.74) is 0.239. The van der Waals surface area contributed by atoms with E-state index in [4.69, 9.17) is 9.57 Å². The van der Waals surface area contributed by atoms with E-state index in [1.54, 1.807) is 12.1 Å². The third kappa shape index (κ3) is 3.91. The van der Waals surface area contributed by atoms with Crippen LogP contribution in [0.3, 0.4) is 0 Å². The highest BCUT2D eigenvalue weighted by atomic mass is 17.0. The standard InChI is InChI=1S/C22H30N2O5/c1-21(2,3)28-20(25)23-13-22(16-5-4-6-19(12-16)29-24(26)27)17-8-14-7-15(10-17)11-18(22)9-14/h4-6,12,14-15,17-18H,7-11,13H2,1-3H3,(H,23,25). The predicted molar refractivity (Wildman–Crippen MR) is 107 cm³/mol. The molecule has 0 spiro atoms. The lowest BCUT2D eigenvalue weighted by Crippen LogP contribution is -2.60. The first-order valence-corrected chi connectivity index (χ1v) is 10.6. The molecule has 1 N–H and O–H groups in total. The summed E-state index contributed by atoms with van der Waals surface area (Å²) in [6, 6.07) is 7.25. The van der Waals surface area contributed by atoms with Gasteiger partial charge in [-0.1, -0.05) is 12.1 Å². The van der Waals surface area contributed by atoms with Crippen molar-refractivity contribution in [2.24, 2.45) is 23.7 Å². The minimum absolute atomic E-state index is 0.234. The first-order valence-electron chi connectivity index (χ1n) is 10.6. The van der Waals surface area contributed by atoms with Crippen molar-refractivity contribution in [1.82, 2.24) is 5.32 Å². The predicted octanol–water partition coefficient (Wildman–Crippen LogP) is 4.48. The maximum absolute atomic E-state index is 12.4. The quantitative estimate of drug-likeness (QED) is 0.579. The average Bonchev–Trinajstić information content (AvgIpc) is 2.59. The topological polar surface area (TPSA) is 90.7 Å². The second-order valence-electron chi connectivity index (χ2n) is 10.0. The van der Waals surface area contributed by atoms with E-state index in [0.717, 1.165) is 43.1 Å². The first kappa shape index (κ1) is 20.0. The van der Waals surface area contributed by atoms with Crippen LogP contribution < -0.4 is 10.2 Å². The van der Waals surface area contributed by atoms with Gasteiger partial charge in [0.2, 0.25) is 0 Å². The molecule has 0 aromatic heterocycles. The number of carbonyl (C=O) groups excluding carboxylic acids is 1. The summed E-state index contributed by atoms with van der Waals surface area (Å²) in [6.07, 6.45) is 5.54. The summed E-state index contributed by atoms with van der Waals surface area (Å²) in [4.78, 5) is 28.0. The van der Waals surface area contributed by atoms with Gasteiger partial charge >= 0.3 is 6.09 Å². The zero-order valence-corrected chi connectivity index (χ0v) is 17.3. The molecule has 4 aliphatic carbocycles. The third-order valence-corrected chi connectivity index (χ3v) is 7.07. The van der Waals surface area contributed by atoms with E-state index in [-0.39, 0.29) is 11.2 Å². The Morgan fingerprint density at radius 2 is 1.79 bits per heavy atom. The number of nitrogens with zero attached hydrogens (tertiary/aromatic N) is 1. The van der Waals surface area contributed by atoms with Crippen LogP contribution in [0.1, 0.15) is 58.4 Å². The molecule has 4 fully saturated rings. The summed E-state index contributed by atoms with van der Waals surface area (Å²) in [6.45, 7) is 6.04. The number of ether oxygens (including phenoxy) is 1. The minimum Gasteiger partial charge on any atom is -0.444 e. The lowest BCUT2D eigenvalue weighted by molar-refractivity contribution is -0.711. The van der Waals surface area contributed by atoms with Gasteiger partial charge in [0.15, 0.2) is 0 Å². The highest BCUT2D eigenvalue weighted by Gasteiger charge is 2.57. The van der Waals surface area contributed by atoms with E-state index in [0.29, 0.717) is 18.4 Å². The van der Waals surface area contributed by atoms with E-state index in [2.05, 4.69) is 5.32 Å². The maximum atomic E-state index is 12.4. The van der Waals surface area contributed by atoms with Crippen molar-refractivity contribution in [3.8, 4) is 5.75 Å². The molecule has 0 saturated heterocycles. The zero-order chi connectivity index (χ0) is 20.8. The fourth-order valence-corrected chi connectivity index (χ4v) is 6.35. The molecule has 1 aromatic rings. The normalized spacial score (nSPS) is 32.7. The van der Waals surface area contributed by atoms with Gasteiger partial charge in [-0.2, -0.15) is 0 Å². The van der Waals surface area contributed by atoms with Crippen LogP contribution in [0.2, 0.25) is 0 Å². The molecule has 4 saturated carbocycles. The molecule has 0 atom stereocenters. The molecule has 158 valence electrons. The molecule has 1 aromatic carbocycles. The first-order chi connectivity index (χ1) is 13.7. The van der Waals surface area contributed by atoms with Crippen LogP contribution in [-0.2, 0) is 10.2 Å². The van der Waals surface area contributed by atoms with Gasteiger partial charge in [0, 0.05) is 12.0 Å². The number of amides is 1. The zero-order valence-electron chi connectivity index (χ0n) is 17.3. The van der Waals surface area contributed by atoms with E-state index in [9.17, 15) is 14.9 Å². The number of nitrogens with one attached hydrogen (secondary N) is 1. The molecule has 0 radical (unpaired) electrons. The number of hydrogen-bond donors (Lipinski definition) is 1. The lowest BCUT2D eigenvalue weighted by Gasteiger charge is -2.61. The summed E-state index contributed by atoms with van der Waals surface area (Å²) in [5, 5.41) is 13.1. The largest absolute Gasteiger partial charge is 0.444 e. The van der Waals surface area contributed by atoms with Crippen LogP contribution in [0.15, 0.2) is 24.3 Å². The maximum Gasteiger partial charge on any atom is 0.407 e. The molecule has 1 amide bonds. The van der Waals surface area contributed by atoms with Gasteiger partial charge in [0.05, 0.1) is 0 Å². The summed E-state index contributed by atoms with van der Waals surface area (Å²) in [7, 11) is 0. The SMILES string of the molecule is CC(C)(C)OC(=O)NCC1(c2cccc(O[N+](=O)[O-])c2)C2CC3CC(C2)CC1C3. The van der Waals surface area contributed by atoms with Crippen LogP contribution in [0, 0.1) is 33.8 Å². The molecule has 5 rings (SSSR count). The Balaban J connectivity index is 1.65. The highest BCUT2D eigenvalue weighted by Crippen LogP contribution is 2.62. The number of rotatable bonds is 5. The Morgan fingerprint density at radius 1 is 1.17 bits per heavy atom. The average molecular weight is 402 g/mol. The minimum atomic E-state index is -0.776. The molecule has 7 nitrogen and oxygen atoms in total. The molecule has 4 bridgehead atoms. The van der Waals surface area contributed by atoms with Crippen molar-refractivity contribution in [2.75, 3.05) is 6.54 Å². The Hall–Kier alpha value is -2.31. The Kier molecular flexibility index (Phi) is 4.95. The Bertz CT molecular complexity index is 773. The van der Waals surface area contributed by atoms with Crippen LogP contribution in [0.4, 0.5) is 4.79 Å². The van der Waals surface area contributed by atoms with Crippen molar-refractivity contribution in [3.63, 3.8) is 0 Å². The van der Waals surface area contributed by atoms with Gasteiger partial charge in [-0.15, -0.1) is 10.1 Å². The van der Waals surface area contributed by atoms with Crippen molar-refractivity contribution in [2.45, 2.75) is 63.9 Å². The van der Waals surface area contributed by atoms with Crippen molar-refractivity contribution in [3.05, 3.63) is 39.9 Å². The van der Waals surface area contributed by atoms with Crippen molar-refractivity contribution in [1.29, 1.82) is 0 Å². The van der Waals surface area contributed by atoms with Gasteiger partial charge in [0.1, 0.15) is 11.4 Å². The van der Waals surface area contributed by atoms with Crippen molar-refractivity contribution < 1.29 is 19.5 Å². The van der Waals surface area contributed by atoms with Crippen LogP contribution >= 0.6 is 0 Å². The van der Waals surface area contributed by atoms with Gasteiger partial charge in [-0.25, -0.2) is 4.79 Å². The lowest BCUT2D eigenvalue weighted by atomic mass is 9.43. The molecule has 0 heterocycles. The molecule has 0 unspecified atom stereocenters. The number of benzene rings is 1. The Labute approximate surface area is 171 Å². The van der Waals surface area contributed by atoms with Crippen LogP contribution in [-0.4, -0.2) is 23.3 Å². The van der Waals surface area contributed by atoms with E-state index < -0.39 is 16.8 Å². The summed E-state index contributed by atoms with van der Waals surface area (Å²) in [5.74, 6) is 2.69. The van der Waals surface area contributed by atoms with Crippen LogP contribution in [0.25, 0.3) is 0 Å². The molecule has 4 aliphatic rings. The smallest absolute Gasteiger partial charge is 0.407 e. The van der Waals surface area contributed by atoms with Crippen molar-refractivity contribution >= 4 is 6.09 Å². The van der Waals surface area contributed by atoms with E-state index >= 15 is 0 Å². The van der Waals surface area contributed by atoms with E-state index in [1.165, 1.54) is 6.42 Å². The monoisotopic (exact) mass is 402 g/mol. The van der Waals surface area contributed by atoms with E-state index in [1.807, 2.05) is 32.9 Å². The Morgan fingerprint density at radius 3 is 2.34 bits per heavy atom. The van der Waals surface area contributed by atoms with Gasteiger partial charge in [0.25, 0.3) is 5.09 Å². The molecule has 7 heteroatoms. The second kappa shape index (κ2) is 7.18. The van der Waals surface area contributed by atoms with Gasteiger partial charge < -0.3 is 10.1 Å². The fraction of sp³-hybridized carbons (Fsp3) is 0.682.